The molecule has 0 aliphatic heterocycles. The number of nitrogens with zero attached hydrogens (tertiary/aromatic N) is 3. The van der Waals surface area contributed by atoms with Crippen LogP contribution in [0.25, 0.3) is 0 Å². The first-order chi connectivity index (χ1) is 8.36. The molecule has 0 atom stereocenters. The summed E-state index contributed by atoms with van der Waals surface area (Å²) in [6.07, 6.45) is 0. The van der Waals surface area contributed by atoms with E-state index in [1.807, 2.05) is 0 Å². The SMILES string of the molecule is CCN(CC)P(Cl)(Br)(N(CC)CC)N(CC)CC. The summed E-state index contributed by atoms with van der Waals surface area (Å²) in [5.74, 6) is 0. The monoisotopic (exact) mass is 361 g/mol. The van der Waals surface area contributed by atoms with E-state index in [1.165, 1.54) is 0 Å². The van der Waals surface area contributed by atoms with Gasteiger partial charge in [-0.1, -0.05) is 0 Å². The Balaban J connectivity index is 5.76. The fraction of sp³-hybridized carbons (Fsp3) is 1.00. The summed E-state index contributed by atoms with van der Waals surface area (Å²) in [5.41, 5.74) is 0. The maximum atomic E-state index is 7.32. The van der Waals surface area contributed by atoms with Crippen molar-refractivity contribution >= 4 is 31.8 Å². The molecule has 0 bridgehead atoms. The van der Waals surface area contributed by atoms with E-state index in [9.17, 15) is 0 Å². The molecule has 0 aliphatic rings. The summed E-state index contributed by atoms with van der Waals surface area (Å²) >= 11 is 11.3. The van der Waals surface area contributed by atoms with Gasteiger partial charge in [0.2, 0.25) is 0 Å². The van der Waals surface area contributed by atoms with Crippen LogP contribution in [-0.4, -0.2) is 53.3 Å². The van der Waals surface area contributed by atoms with E-state index in [4.69, 9.17) is 11.2 Å². The molecular formula is C12H30BrClN3P. The molecule has 0 fully saturated rings. The van der Waals surface area contributed by atoms with Crippen molar-refractivity contribution in [3.63, 3.8) is 0 Å². The second-order valence-electron chi connectivity index (χ2n) is 4.20. The number of hydrogen-bond acceptors (Lipinski definition) is 3. The van der Waals surface area contributed by atoms with Crippen molar-refractivity contribution in [2.45, 2.75) is 41.5 Å². The van der Waals surface area contributed by atoms with Crippen molar-refractivity contribution in [3.05, 3.63) is 0 Å². The number of halogens is 2. The Labute approximate surface area is 126 Å². The van der Waals surface area contributed by atoms with E-state index >= 15 is 0 Å². The van der Waals surface area contributed by atoms with Crippen molar-refractivity contribution < 1.29 is 0 Å². The summed E-state index contributed by atoms with van der Waals surface area (Å²) in [6, 6.07) is 0. The van der Waals surface area contributed by atoms with Crippen LogP contribution in [0.3, 0.4) is 0 Å². The van der Waals surface area contributed by atoms with E-state index < -0.39 is 5.11 Å². The van der Waals surface area contributed by atoms with Gasteiger partial charge in [-0.15, -0.1) is 0 Å². The van der Waals surface area contributed by atoms with Gasteiger partial charge in [-0.2, -0.15) is 0 Å². The average Bonchev–Trinajstić information content (AvgIpc) is 2.32. The molecule has 0 rings (SSSR count). The Hall–Kier alpha value is 1.08. The van der Waals surface area contributed by atoms with Gasteiger partial charge in [0, 0.05) is 0 Å². The third kappa shape index (κ3) is 3.21. The van der Waals surface area contributed by atoms with Crippen LogP contribution in [0, 0.1) is 0 Å². The Morgan fingerprint density at radius 1 is 0.667 bits per heavy atom. The Morgan fingerprint density at radius 3 is 0.944 bits per heavy atom. The zero-order valence-electron chi connectivity index (χ0n) is 12.8. The third-order valence-electron chi connectivity index (χ3n) is 3.59. The van der Waals surface area contributed by atoms with E-state index in [0.717, 1.165) is 39.3 Å². The van der Waals surface area contributed by atoms with E-state index in [-0.39, 0.29) is 0 Å². The van der Waals surface area contributed by atoms with E-state index in [1.54, 1.807) is 0 Å². The number of rotatable bonds is 9. The van der Waals surface area contributed by atoms with Crippen LogP contribution in [0.15, 0.2) is 0 Å². The second kappa shape index (κ2) is 7.75. The predicted molar refractivity (Wildman–Crippen MR) is 90.5 cm³/mol. The molecule has 0 radical (unpaired) electrons. The maximum absolute atomic E-state index is 7.32. The molecule has 6 heteroatoms. The van der Waals surface area contributed by atoms with Crippen molar-refractivity contribution in [1.82, 2.24) is 14.0 Å². The summed E-state index contributed by atoms with van der Waals surface area (Å²) in [5, 5.41) is -2.84. The van der Waals surface area contributed by atoms with Gasteiger partial charge in [0.05, 0.1) is 0 Å². The summed E-state index contributed by atoms with van der Waals surface area (Å²) in [4.78, 5) is 0. The molecule has 0 heterocycles. The zero-order chi connectivity index (χ0) is 14.4. The standard InChI is InChI=1S/C12H30BrClN3P/c1-7-15(8-2)18(13,14,16(9-3)10-4)17(11-5)12-6/h7-12H2,1-6H3. The van der Waals surface area contributed by atoms with Gasteiger partial charge in [-0.3, -0.25) is 0 Å². The Morgan fingerprint density at radius 2 is 0.833 bits per heavy atom. The minimum atomic E-state index is -2.84. The summed E-state index contributed by atoms with van der Waals surface area (Å²) in [7, 11) is 0. The minimum absolute atomic E-state index is 0.954. The van der Waals surface area contributed by atoms with E-state index in [2.05, 4.69) is 71.0 Å². The van der Waals surface area contributed by atoms with Crippen LogP contribution in [-0.2, 0) is 0 Å². The average molecular weight is 363 g/mol. The fourth-order valence-electron chi connectivity index (χ4n) is 2.61. The van der Waals surface area contributed by atoms with Crippen molar-refractivity contribution in [2.75, 3.05) is 39.3 Å². The Bertz CT molecular complexity index is 203. The molecule has 0 aromatic rings. The van der Waals surface area contributed by atoms with Crippen LogP contribution in [0.5, 0.6) is 0 Å². The summed E-state index contributed by atoms with van der Waals surface area (Å²) < 4.78 is 7.19. The first-order valence-electron chi connectivity index (χ1n) is 7.08. The predicted octanol–water partition coefficient (Wildman–Crippen LogP) is 4.77. The van der Waals surface area contributed by atoms with Gasteiger partial charge in [0.15, 0.2) is 0 Å². The molecule has 0 N–H and O–H groups in total. The molecular weight excluding hydrogens is 332 g/mol. The van der Waals surface area contributed by atoms with Crippen molar-refractivity contribution in [2.24, 2.45) is 0 Å². The van der Waals surface area contributed by atoms with Crippen LogP contribution in [0.4, 0.5) is 0 Å². The molecule has 18 heavy (non-hydrogen) atoms. The van der Waals surface area contributed by atoms with Gasteiger partial charge >= 0.3 is 127 Å². The van der Waals surface area contributed by atoms with Gasteiger partial charge in [-0.05, 0) is 0 Å². The third-order valence-corrected chi connectivity index (χ3v) is 14.0. The molecule has 0 aliphatic carbocycles. The molecule has 0 saturated carbocycles. The molecule has 0 amide bonds. The summed E-state index contributed by atoms with van der Waals surface area (Å²) in [6.45, 7) is 18.8. The van der Waals surface area contributed by atoms with Crippen molar-refractivity contribution in [3.8, 4) is 0 Å². The van der Waals surface area contributed by atoms with Gasteiger partial charge in [0.1, 0.15) is 0 Å². The first kappa shape index (κ1) is 19.1. The van der Waals surface area contributed by atoms with Crippen molar-refractivity contribution in [1.29, 1.82) is 0 Å². The molecule has 0 spiro atoms. The molecule has 3 nitrogen and oxygen atoms in total. The first-order valence-corrected chi connectivity index (χ1v) is 12.1. The fourth-order valence-corrected chi connectivity index (χ4v) is 12.4. The molecule has 0 aromatic heterocycles. The molecule has 0 aromatic carbocycles. The van der Waals surface area contributed by atoms with E-state index in [0.29, 0.717) is 0 Å². The van der Waals surface area contributed by atoms with Crippen LogP contribution >= 0.6 is 31.8 Å². The molecule has 112 valence electrons. The van der Waals surface area contributed by atoms with Gasteiger partial charge in [0.25, 0.3) is 0 Å². The zero-order valence-corrected chi connectivity index (χ0v) is 16.0. The topological polar surface area (TPSA) is 9.72 Å². The Kier molecular flexibility index (Phi) is 8.22. The van der Waals surface area contributed by atoms with Gasteiger partial charge in [-0.25, -0.2) is 0 Å². The number of hydrogen-bond donors (Lipinski definition) is 0. The van der Waals surface area contributed by atoms with Gasteiger partial charge < -0.3 is 0 Å². The van der Waals surface area contributed by atoms with Crippen LogP contribution in [0.2, 0.25) is 0 Å². The second-order valence-corrected chi connectivity index (χ2v) is 14.5. The quantitative estimate of drug-likeness (QED) is 0.547. The van der Waals surface area contributed by atoms with Crippen LogP contribution < -0.4 is 0 Å². The normalized spacial score (nSPS) is 15.4. The van der Waals surface area contributed by atoms with Crippen LogP contribution in [0.1, 0.15) is 41.5 Å². The molecule has 0 unspecified atom stereocenters. The molecule has 0 saturated heterocycles.